The summed E-state index contributed by atoms with van der Waals surface area (Å²) in [4.78, 5) is 9.00. The molecule has 0 aliphatic rings. The Hall–Kier alpha value is -0.416. The first-order valence-electron chi connectivity index (χ1n) is 1.19. The van der Waals surface area contributed by atoms with Crippen LogP contribution in [0, 0.1) is 0 Å². The number of carbonyl (C=O) groups is 1. The van der Waals surface area contributed by atoms with Crippen molar-refractivity contribution in [3.05, 3.63) is 0 Å². The van der Waals surface area contributed by atoms with E-state index >= 15 is 0 Å². The van der Waals surface area contributed by atoms with E-state index in [1.807, 2.05) is 0 Å². The van der Waals surface area contributed by atoms with Crippen LogP contribution in [0.3, 0.4) is 0 Å². The summed E-state index contributed by atoms with van der Waals surface area (Å²) in [5, 5.41) is 0. The van der Waals surface area contributed by atoms with E-state index in [-0.39, 0.29) is 0 Å². The van der Waals surface area contributed by atoms with Crippen molar-refractivity contribution >= 4 is 6.03 Å². The second kappa shape index (κ2) is 9.13. The second-order valence-electron chi connectivity index (χ2n) is 0.486. The Morgan fingerprint density at radius 2 is 1.29 bits per heavy atom. The van der Waals surface area contributed by atoms with Gasteiger partial charge in [0.2, 0.25) is 0 Å². The van der Waals surface area contributed by atoms with E-state index in [1.54, 1.807) is 0 Å². The van der Waals surface area contributed by atoms with Gasteiger partial charge in [0, 0.05) is 0 Å². The molecule has 0 aliphatic heterocycles. The minimum absolute atomic E-state index is 0.833. The number of nitrogens with two attached hydrogens (primary N) is 2. The third kappa shape index (κ3) is 415. The predicted molar refractivity (Wildman–Crippen MR) is 15.1 cm³/mol. The summed E-state index contributed by atoms with van der Waals surface area (Å²) in [5.74, 6) is 0. The number of amides is 2. The number of primary amides is 2. The summed E-state index contributed by atoms with van der Waals surface area (Å²) in [6.45, 7) is 0. The zero-order chi connectivity index (χ0) is 6.28. The molecule has 5 nitrogen and oxygen atoms in total. The molecule has 2 amide bonds. The van der Waals surface area contributed by atoms with E-state index in [4.69, 9.17) is 11.4 Å². The van der Waals surface area contributed by atoms with Crippen molar-refractivity contribution in [2.24, 2.45) is 11.5 Å². The monoisotopic (exact) mass is 140 g/mol. The molecule has 4 N–H and O–H groups in total. The average Bonchev–Trinajstić information content (AvgIpc) is 1.33. The molecule has 0 aliphatic carbocycles. The van der Waals surface area contributed by atoms with Crippen molar-refractivity contribution in [1.82, 2.24) is 0 Å². The number of hydrogen-bond donors (Lipinski definition) is 2. The fourth-order valence-corrected chi connectivity index (χ4v) is 0. The molecule has 0 fully saturated rings. The molecule has 0 aromatic rings. The van der Waals surface area contributed by atoms with Gasteiger partial charge in [-0.1, -0.05) is 0 Å². The van der Waals surface area contributed by atoms with Gasteiger partial charge in [-0.25, -0.2) is 4.79 Å². The molecule has 0 bridgehead atoms. The molecule has 6 heteroatoms. The normalized spacial score (nSPS) is 4.57. The Labute approximate surface area is 48.6 Å². The molecule has 7 heavy (non-hydrogen) atoms. The number of hydrogen-bond acceptors (Lipinski definition) is 3. The van der Waals surface area contributed by atoms with Gasteiger partial charge in [0.15, 0.2) is 0 Å². The van der Waals surface area contributed by atoms with Crippen LogP contribution in [0.4, 0.5) is 4.79 Å². The Kier molecular flexibility index (Phi) is 12.7. The van der Waals surface area contributed by atoms with Crippen molar-refractivity contribution in [1.29, 1.82) is 0 Å². The van der Waals surface area contributed by atoms with Crippen LogP contribution in [0.5, 0.6) is 0 Å². The number of rotatable bonds is 0. The predicted octanol–water partition coefficient (Wildman–Crippen LogP) is -1.22. The first-order chi connectivity index (χ1) is 3.15. The van der Waals surface area contributed by atoms with Gasteiger partial charge < -0.3 is 11.5 Å². The third-order valence-electron chi connectivity index (χ3n) is 0. The summed E-state index contributed by atoms with van der Waals surface area (Å²) in [7, 11) is 0. The van der Waals surface area contributed by atoms with Crippen LogP contribution in [-0.2, 0) is 25.7 Å². The van der Waals surface area contributed by atoms with E-state index in [1.165, 1.54) is 0 Å². The van der Waals surface area contributed by atoms with Crippen molar-refractivity contribution in [3.8, 4) is 0 Å². The van der Waals surface area contributed by atoms with Gasteiger partial charge in [-0.3, -0.25) is 0 Å². The standard InChI is InChI=1S/CH4N2O.2O.Ti/c2-1(3)4;;;/h(H4,2,3,4);;;. The second-order valence-corrected chi connectivity index (χ2v) is 0.746. The quantitative estimate of drug-likeness (QED) is 0.412. The zero-order valence-corrected chi connectivity index (χ0v) is 4.94. The average molecular weight is 140 g/mol. The minimum atomic E-state index is -2.00. The molecule has 0 rings (SSSR count). The first kappa shape index (κ1) is 9.77. The van der Waals surface area contributed by atoms with Crippen molar-refractivity contribution in [3.63, 3.8) is 0 Å². The molecule has 40 valence electrons. The fourth-order valence-electron chi connectivity index (χ4n) is 0. The summed E-state index contributed by atoms with van der Waals surface area (Å²) in [6, 6.07) is -0.833. The Morgan fingerprint density at radius 1 is 1.29 bits per heavy atom. The molecular weight excluding hydrogens is 136 g/mol. The Bertz CT molecular complexity index is 80.9. The van der Waals surface area contributed by atoms with Crippen LogP contribution < -0.4 is 11.5 Å². The summed E-state index contributed by atoms with van der Waals surface area (Å²) in [6.07, 6.45) is 0. The van der Waals surface area contributed by atoms with Gasteiger partial charge >= 0.3 is 31.8 Å². The van der Waals surface area contributed by atoms with Gasteiger partial charge in [0.25, 0.3) is 0 Å². The number of urea groups is 1. The van der Waals surface area contributed by atoms with Crippen LogP contribution in [0.25, 0.3) is 0 Å². The molecule has 0 saturated heterocycles. The van der Waals surface area contributed by atoms with E-state index in [9.17, 15) is 0 Å². The van der Waals surface area contributed by atoms with Gasteiger partial charge in [-0.15, -0.1) is 0 Å². The van der Waals surface area contributed by atoms with Gasteiger partial charge in [-0.2, -0.15) is 0 Å². The fraction of sp³-hybridized carbons (Fsp3) is 0. The molecular formula is CH4N2O3Ti. The van der Waals surface area contributed by atoms with Gasteiger partial charge in [0.05, 0.1) is 0 Å². The molecule has 0 radical (unpaired) electrons. The van der Waals surface area contributed by atoms with E-state index in [0.717, 1.165) is 0 Å². The molecule has 0 unspecified atom stereocenters. The third-order valence-corrected chi connectivity index (χ3v) is 0. The Balaban J connectivity index is 0. The molecule has 0 aromatic heterocycles. The summed E-state index contributed by atoms with van der Waals surface area (Å²) < 4.78 is 17.0. The van der Waals surface area contributed by atoms with Crippen LogP contribution in [-0.4, -0.2) is 6.03 Å². The first-order valence-corrected chi connectivity index (χ1v) is 2.46. The summed E-state index contributed by atoms with van der Waals surface area (Å²) >= 11 is -2.00. The van der Waals surface area contributed by atoms with E-state index in [0.29, 0.717) is 0 Å². The van der Waals surface area contributed by atoms with Crippen LogP contribution in [0.15, 0.2) is 0 Å². The molecule has 0 saturated carbocycles. The summed E-state index contributed by atoms with van der Waals surface area (Å²) in [5.41, 5.74) is 8.50. The van der Waals surface area contributed by atoms with Crippen molar-refractivity contribution in [2.45, 2.75) is 0 Å². The van der Waals surface area contributed by atoms with Crippen molar-refractivity contribution < 1.29 is 30.5 Å². The maximum atomic E-state index is 9.00. The van der Waals surface area contributed by atoms with Crippen LogP contribution in [0.2, 0.25) is 0 Å². The molecule has 0 aromatic carbocycles. The van der Waals surface area contributed by atoms with Crippen LogP contribution in [0.1, 0.15) is 0 Å². The van der Waals surface area contributed by atoms with E-state index in [2.05, 4.69) is 11.5 Å². The zero-order valence-electron chi connectivity index (χ0n) is 3.38. The van der Waals surface area contributed by atoms with Gasteiger partial charge in [0.1, 0.15) is 0 Å². The Morgan fingerprint density at radius 3 is 1.29 bits per heavy atom. The molecule has 0 heterocycles. The maximum absolute atomic E-state index is 9.00. The van der Waals surface area contributed by atoms with Crippen LogP contribution >= 0.6 is 0 Å². The van der Waals surface area contributed by atoms with E-state index < -0.39 is 25.1 Å². The molecule has 0 spiro atoms. The molecule has 0 atom stereocenters. The van der Waals surface area contributed by atoms with Gasteiger partial charge in [-0.05, 0) is 0 Å². The SMILES string of the molecule is NC(N)=O.[O]=[Ti]=[O]. The topological polar surface area (TPSA) is 103 Å². The number of carbonyl (C=O) groups excluding carboxylic acids is 1. The van der Waals surface area contributed by atoms with Crippen molar-refractivity contribution in [2.75, 3.05) is 0 Å².